The van der Waals surface area contributed by atoms with Gasteiger partial charge in [-0.2, -0.15) is 31.1 Å². The minimum Gasteiger partial charge on any atom is -0.461 e. The van der Waals surface area contributed by atoms with Gasteiger partial charge < -0.3 is 15.0 Å². The summed E-state index contributed by atoms with van der Waals surface area (Å²) in [5, 5.41) is 15.2. The summed E-state index contributed by atoms with van der Waals surface area (Å²) >= 11 is 0. The molecule has 0 fully saturated rings. The van der Waals surface area contributed by atoms with Crippen molar-refractivity contribution in [1.82, 2.24) is 20.2 Å². The summed E-state index contributed by atoms with van der Waals surface area (Å²) in [5.41, 5.74) is 2.66. The van der Waals surface area contributed by atoms with E-state index in [4.69, 9.17) is 4.74 Å². The highest BCUT2D eigenvalue weighted by atomic mass is 19.4. The van der Waals surface area contributed by atoms with Gasteiger partial charge in [-0.1, -0.05) is 113 Å². The lowest BCUT2D eigenvalue weighted by Gasteiger charge is -2.30. The van der Waals surface area contributed by atoms with E-state index in [0.29, 0.717) is 37.6 Å². The van der Waals surface area contributed by atoms with E-state index in [1.807, 2.05) is 95.8 Å². The highest BCUT2D eigenvalue weighted by molar-refractivity contribution is 5.69. The van der Waals surface area contributed by atoms with Crippen LogP contribution in [0.4, 0.5) is 38.0 Å². The van der Waals surface area contributed by atoms with Crippen molar-refractivity contribution in [3.8, 4) is 0 Å². The number of hydrogen-bond donors (Lipinski definition) is 1. The Hall–Kier alpha value is -4.36. The molecule has 1 N–H and O–H groups in total. The molecule has 1 aromatic heterocycles. The fourth-order valence-electron chi connectivity index (χ4n) is 5.95. The highest BCUT2D eigenvalue weighted by Gasteiger charge is 2.33. The zero-order valence-corrected chi connectivity index (χ0v) is 37.2. The summed E-state index contributed by atoms with van der Waals surface area (Å²) in [6, 6.07) is 12.5. The van der Waals surface area contributed by atoms with E-state index in [9.17, 15) is 31.1 Å². The Kier molecular flexibility index (Phi) is 27.6. The predicted octanol–water partition coefficient (Wildman–Crippen LogP) is 13.2. The third kappa shape index (κ3) is 24.4. The summed E-state index contributed by atoms with van der Waals surface area (Å²) in [4.78, 5) is 16.2. The fraction of sp³-hybridized carbons (Fsp3) is 0.600. The van der Waals surface area contributed by atoms with Gasteiger partial charge in [0.05, 0.1) is 19.0 Å². The maximum absolute atomic E-state index is 13.9. The molecule has 1 heterocycles. The molecule has 0 amide bonds. The van der Waals surface area contributed by atoms with Gasteiger partial charge >= 0.3 is 18.3 Å². The van der Waals surface area contributed by atoms with Gasteiger partial charge in [-0.3, -0.25) is 4.79 Å². The molecule has 334 valence electrons. The van der Waals surface area contributed by atoms with Gasteiger partial charge in [0.2, 0.25) is 0 Å². The number of hydrogen-bond acceptors (Lipinski definition) is 7. The van der Waals surface area contributed by atoms with Gasteiger partial charge in [0.15, 0.2) is 0 Å². The van der Waals surface area contributed by atoms with Gasteiger partial charge in [-0.05, 0) is 101 Å². The zero-order valence-electron chi connectivity index (χ0n) is 37.2. The first kappa shape index (κ1) is 54.6. The lowest BCUT2D eigenvalue weighted by Crippen LogP contribution is -2.30. The molecule has 0 aliphatic carbocycles. The summed E-state index contributed by atoms with van der Waals surface area (Å²) in [6.07, 6.45) is 1.44. The summed E-state index contributed by atoms with van der Waals surface area (Å²) in [6.45, 7) is 20.4. The molecule has 3 rings (SSSR count). The van der Waals surface area contributed by atoms with E-state index >= 15 is 0 Å². The monoisotopic (exact) mass is 841 g/mol. The van der Waals surface area contributed by atoms with Crippen LogP contribution in [0.15, 0.2) is 66.3 Å². The van der Waals surface area contributed by atoms with Crippen molar-refractivity contribution in [3.05, 3.63) is 88.5 Å². The van der Waals surface area contributed by atoms with Crippen molar-refractivity contribution >= 4 is 17.6 Å². The largest absolute Gasteiger partial charge is 0.461 e. The van der Waals surface area contributed by atoms with Crippen LogP contribution in [0.1, 0.15) is 135 Å². The van der Waals surface area contributed by atoms with E-state index in [1.165, 1.54) is 23.9 Å². The smallest absolute Gasteiger partial charge is 0.416 e. The summed E-state index contributed by atoms with van der Waals surface area (Å²) in [7, 11) is 1.69. The molecule has 0 spiro atoms. The van der Waals surface area contributed by atoms with Gasteiger partial charge in [0.1, 0.15) is 6.61 Å². The van der Waals surface area contributed by atoms with E-state index in [0.717, 1.165) is 48.8 Å². The maximum Gasteiger partial charge on any atom is 0.416 e. The highest BCUT2D eigenvalue weighted by Crippen LogP contribution is 2.36. The van der Waals surface area contributed by atoms with Crippen molar-refractivity contribution in [3.63, 3.8) is 0 Å². The van der Waals surface area contributed by atoms with Crippen molar-refractivity contribution in [1.29, 1.82) is 0 Å². The number of aryl methyl sites for hydroxylation is 3. The van der Waals surface area contributed by atoms with Crippen LogP contribution >= 0.6 is 0 Å². The molecule has 0 bridgehead atoms. The molecule has 0 radical (unpaired) electrons. The average Bonchev–Trinajstić information content (AvgIpc) is 3.60. The average molecular weight is 841 g/mol. The van der Waals surface area contributed by atoms with Crippen LogP contribution in [0.25, 0.3) is 0 Å². The van der Waals surface area contributed by atoms with E-state index in [2.05, 4.69) is 27.7 Å². The molecular weight excluding hydrogens is 771 g/mol. The number of benzene rings is 2. The normalized spacial score (nSPS) is 12.6. The second-order valence-electron chi connectivity index (χ2n) is 14.0. The maximum atomic E-state index is 13.9. The molecule has 2 aromatic carbocycles. The number of carbonyl (C=O) groups is 1. The van der Waals surface area contributed by atoms with Crippen molar-refractivity contribution in [2.45, 2.75) is 152 Å². The molecule has 8 nitrogen and oxygen atoms in total. The van der Waals surface area contributed by atoms with Crippen molar-refractivity contribution in [2.75, 3.05) is 23.3 Å². The molecule has 2 unspecified atom stereocenters. The number of anilines is 2. The van der Waals surface area contributed by atoms with Crippen molar-refractivity contribution < 1.29 is 35.9 Å². The fourth-order valence-corrected chi connectivity index (χ4v) is 5.95. The number of tetrazole rings is 1. The topological polar surface area (TPSA) is 85.2 Å². The molecule has 14 heteroatoms. The number of carbonyl (C=O) groups excluding carboxylic acids is 1. The lowest BCUT2D eigenvalue weighted by atomic mass is 9.94. The molecule has 59 heavy (non-hydrogen) atoms. The van der Waals surface area contributed by atoms with Crippen LogP contribution in [0.2, 0.25) is 0 Å². The molecule has 0 aliphatic heterocycles. The van der Waals surface area contributed by atoms with Gasteiger partial charge in [-0.25, -0.2) is 0 Å². The number of allylic oxidation sites excluding steroid dienone is 4. The van der Waals surface area contributed by atoms with Crippen LogP contribution in [0.5, 0.6) is 0 Å². The first-order chi connectivity index (χ1) is 27.9. The number of nitrogens with one attached hydrogen (secondary N) is 1. The quantitative estimate of drug-likeness (QED) is 0.0689. The Morgan fingerprint density at radius 3 is 2.17 bits per heavy atom. The molecule has 0 aliphatic rings. The van der Waals surface area contributed by atoms with Gasteiger partial charge in [-0.15, -0.1) is 5.10 Å². The van der Waals surface area contributed by atoms with Crippen LogP contribution in [-0.2, 0) is 29.4 Å². The summed E-state index contributed by atoms with van der Waals surface area (Å²) < 4.78 is 82.2. The Balaban J connectivity index is 0.00000179. The standard InChI is InChI=1S/C32H45F3N6O2.C9H13F3.2C2H6/c1-6-7-13-26(20-30(42)43-22-27-14-9-8-10-15-27)16-18-41(17-11-12-25(4)36-31-37-39-40(5)38-31)29-21-28(32(33,34)35)23(2)19-24(29)3;1-3-4-5-8(2)6-7-9(10,11)12;2*1-2/h8-10,14-15,19,21,25-26H,6-7,11-13,16-18,20,22H2,1-5H3,(H,36,38);3-4,6H,5,7H2,1-2H3;2*1-2H3/b;4-3-,8-6-;;. The van der Waals surface area contributed by atoms with E-state index in [1.54, 1.807) is 20.0 Å². The summed E-state index contributed by atoms with van der Waals surface area (Å²) in [5.74, 6) is 0.260. The van der Waals surface area contributed by atoms with E-state index in [-0.39, 0.29) is 36.5 Å². The number of ether oxygens (including phenoxy) is 1. The van der Waals surface area contributed by atoms with Crippen LogP contribution in [-0.4, -0.2) is 51.5 Å². The predicted molar refractivity (Wildman–Crippen MR) is 229 cm³/mol. The lowest BCUT2D eigenvalue weighted by molar-refractivity contribution is -0.146. The van der Waals surface area contributed by atoms with Crippen LogP contribution < -0.4 is 10.2 Å². The van der Waals surface area contributed by atoms with Gasteiger partial charge in [0.25, 0.3) is 5.95 Å². The van der Waals surface area contributed by atoms with Gasteiger partial charge in [0, 0.05) is 31.2 Å². The van der Waals surface area contributed by atoms with Crippen LogP contribution in [0, 0.1) is 19.8 Å². The number of unbranched alkanes of at least 4 members (excludes halogenated alkanes) is 1. The van der Waals surface area contributed by atoms with Crippen LogP contribution in [0.3, 0.4) is 0 Å². The Labute approximate surface area is 349 Å². The first-order valence-electron chi connectivity index (χ1n) is 20.9. The number of alkyl halides is 6. The zero-order chi connectivity index (χ0) is 45.0. The molecule has 2 atom stereocenters. The third-order valence-corrected chi connectivity index (χ3v) is 8.97. The second-order valence-corrected chi connectivity index (χ2v) is 14.0. The Morgan fingerprint density at radius 2 is 1.61 bits per heavy atom. The number of esters is 1. The number of aromatic nitrogens is 4. The molecule has 0 saturated heterocycles. The molecule has 0 saturated carbocycles. The van der Waals surface area contributed by atoms with E-state index < -0.39 is 24.3 Å². The minimum atomic E-state index is -4.44. The second kappa shape index (κ2) is 29.8. The first-order valence-corrected chi connectivity index (χ1v) is 20.9. The Morgan fingerprint density at radius 1 is 0.949 bits per heavy atom. The number of rotatable bonds is 20. The third-order valence-electron chi connectivity index (χ3n) is 8.97. The molecule has 3 aromatic rings. The SMILES string of the molecule is C/C=C\C/C(C)=C\CC(F)(F)F.CC.CC.CCCCC(CCN(CCCC(C)Nc1nnn(C)n1)c1cc(C(F)(F)F)c(C)cc1C)CC(=O)OCc1ccccc1. The number of nitrogens with zero attached hydrogens (tertiary/aromatic N) is 5. The van der Waals surface area contributed by atoms with Crippen molar-refractivity contribution in [2.24, 2.45) is 13.0 Å². The molecular formula is C45H70F6N6O2. The number of halogens is 6. The minimum absolute atomic E-state index is 0.0487. The Bertz CT molecular complexity index is 1620.